The van der Waals surface area contributed by atoms with Crippen molar-refractivity contribution in [3.05, 3.63) is 35.5 Å². The predicted octanol–water partition coefficient (Wildman–Crippen LogP) is 4.26. The van der Waals surface area contributed by atoms with Crippen molar-refractivity contribution in [2.24, 2.45) is 5.92 Å². The summed E-state index contributed by atoms with van der Waals surface area (Å²) in [4.78, 5) is 0. The van der Waals surface area contributed by atoms with E-state index < -0.39 is 0 Å². The van der Waals surface area contributed by atoms with Crippen molar-refractivity contribution < 1.29 is 0 Å². The quantitative estimate of drug-likeness (QED) is 0.560. The molecule has 0 aromatic carbocycles. The Bertz CT molecular complexity index is 241. The Morgan fingerprint density at radius 2 is 2.00 bits per heavy atom. The highest BCUT2D eigenvalue weighted by molar-refractivity contribution is 5.35. The number of hydrogen-bond donors (Lipinski definition) is 0. The van der Waals surface area contributed by atoms with Gasteiger partial charge in [-0.25, -0.2) is 0 Å². The molecule has 1 aliphatic rings. The molecule has 0 saturated heterocycles. The van der Waals surface area contributed by atoms with Crippen molar-refractivity contribution in [1.29, 1.82) is 0 Å². The van der Waals surface area contributed by atoms with Crippen LogP contribution < -0.4 is 0 Å². The minimum absolute atomic E-state index is 0.869. The van der Waals surface area contributed by atoms with Gasteiger partial charge in [-0.2, -0.15) is 0 Å². The van der Waals surface area contributed by atoms with Crippen LogP contribution in [0.5, 0.6) is 0 Å². The average molecular weight is 176 g/mol. The van der Waals surface area contributed by atoms with E-state index in [2.05, 4.69) is 45.1 Å². The summed E-state index contributed by atoms with van der Waals surface area (Å²) < 4.78 is 0. The molecule has 1 fully saturated rings. The van der Waals surface area contributed by atoms with Crippen LogP contribution >= 0.6 is 0 Å². The molecule has 0 aromatic heterocycles. The standard InChI is InChI=1S/C13H20/c1-4-6-7-13-9-8-11(3)10-12(13)5-2/h4-7,11H,8-10H2,1-3H3/b6-4-,12-5-,13-7-. The molecule has 0 aromatic rings. The fourth-order valence-corrected chi connectivity index (χ4v) is 1.88. The Labute approximate surface area is 82.0 Å². The van der Waals surface area contributed by atoms with Crippen LogP contribution in [0.15, 0.2) is 35.5 Å². The van der Waals surface area contributed by atoms with Gasteiger partial charge in [0.1, 0.15) is 0 Å². The minimum Gasteiger partial charge on any atom is -0.0877 e. The van der Waals surface area contributed by atoms with Crippen LogP contribution in [0.25, 0.3) is 0 Å². The molecule has 0 N–H and O–H groups in total. The highest BCUT2D eigenvalue weighted by Gasteiger charge is 2.15. The lowest BCUT2D eigenvalue weighted by atomic mass is 9.82. The van der Waals surface area contributed by atoms with Gasteiger partial charge < -0.3 is 0 Å². The third-order valence-corrected chi connectivity index (χ3v) is 2.73. The molecule has 0 nitrogen and oxygen atoms in total. The fraction of sp³-hybridized carbons (Fsp3) is 0.538. The van der Waals surface area contributed by atoms with Gasteiger partial charge in [0.05, 0.1) is 0 Å². The zero-order valence-electron chi connectivity index (χ0n) is 9.01. The molecule has 0 bridgehead atoms. The Balaban J connectivity index is 2.74. The Morgan fingerprint density at radius 3 is 2.62 bits per heavy atom. The smallest absolute Gasteiger partial charge is 0.0253 e. The summed E-state index contributed by atoms with van der Waals surface area (Å²) in [7, 11) is 0. The van der Waals surface area contributed by atoms with E-state index in [0.29, 0.717) is 0 Å². The third-order valence-electron chi connectivity index (χ3n) is 2.73. The van der Waals surface area contributed by atoms with Gasteiger partial charge in [0.2, 0.25) is 0 Å². The first-order valence-corrected chi connectivity index (χ1v) is 5.25. The molecular weight excluding hydrogens is 156 g/mol. The van der Waals surface area contributed by atoms with Gasteiger partial charge in [-0.1, -0.05) is 31.2 Å². The SMILES string of the molecule is C\C=C/C=C1/CCC(C)C/C1=C/C. The van der Waals surface area contributed by atoms with E-state index >= 15 is 0 Å². The first kappa shape index (κ1) is 10.3. The average Bonchev–Trinajstić information content (AvgIpc) is 2.16. The maximum Gasteiger partial charge on any atom is -0.0253 e. The maximum absolute atomic E-state index is 2.34. The van der Waals surface area contributed by atoms with Crippen LogP contribution in [-0.2, 0) is 0 Å². The molecule has 0 heterocycles. The van der Waals surface area contributed by atoms with Crippen LogP contribution in [-0.4, -0.2) is 0 Å². The van der Waals surface area contributed by atoms with Crippen molar-refractivity contribution in [2.75, 3.05) is 0 Å². The molecular formula is C13H20. The van der Waals surface area contributed by atoms with Gasteiger partial charge in [0, 0.05) is 0 Å². The highest BCUT2D eigenvalue weighted by atomic mass is 14.2. The number of allylic oxidation sites excluding steroid dienone is 6. The molecule has 0 amide bonds. The van der Waals surface area contributed by atoms with E-state index in [9.17, 15) is 0 Å². The van der Waals surface area contributed by atoms with Crippen LogP contribution in [0.4, 0.5) is 0 Å². The van der Waals surface area contributed by atoms with Crippen molar-refractivity contribution in [3.8, 4) is 0 Å². The highest BCUT2D eigenvalue weighted by Crippen LogP contribution is 2.32. The predicted molar refractivity (Wildman–Crippen MR) is 59.7 cm³/mol. The van der Waals surface area contributed by atoms with Gasteiger partial charge in [0.15, 0.2) is 0 Å². The van der Waals surface area contributed by atoms with Gasteiger partial charge in [-0.3, -0.25) is 0 Å². The summed E-state index contributed by atoms with van der Waals surface area (Å²) in [6.07, 6.45) is 12.6. The Hall–Kier alpha value is -0.780. The molecule has 0 radical (unpaired) electrons. The maximum atomic E-state index is 2.34. The summed E-state index contributed by atoms with van der Waals surface area (Å²) in [6.45, 7) is 6.56. The van der Waals surface area contributed by atoms with E-state index in [1.165, 1.54) is 19.3 Å². The topological polar surface area (TPSA) is 0 Å². The van der Waals surface area contributed by atoms with Crippen LogP contribution in [0.3, 0.4) is 0 Å². The molecule has 1 saturated carbocycles. The molecule has 0 aliphatic heterocycles. The van der Waals surface area contributed by atoms with E-state index in [0.717, 1.165) is 5.92 Å². The van der Waals surface area contributed by atoms with E-state index in [1.807, 2.05) is 0 Å². The first-order valence-electron chi connectivity index (χ1n) is 5.25. The summed E-state index contributed by atoms with van der Waals surface area (Å²) in [5.41, 5.74) is 3.09. The van der Waals surface area contributed by atoms with Crippen molar-refractivity contribution >= 4 is 0 Å². The second-order valence-corrected chi connectivity index (χ2v) is 3.88. The molecule has 1 unspecified atom stereocenters. The number of hydrogen-bond acceptors (Lipinski definition) is 0. The second kappa shape index (κ2) is 5.06. The lowest BCUT2D eigenvalue weighted by molar-refractivity contribution is 0.497. The Morgan fingerprint density at radius 1 is 1.23 bits per heavy atom. The molecule has 1 rings (SSSR count). The summed E-state index contributed by atoms with van der Waals surface area (Å²) in [6, 6.07) is 0. The van der Waals surface area contributed by atoms with Crippen molar-refractivity contribution in [3.63, 3.8) is 0 Å². The molecule has 0 spiro atoms. The van der Waals surface area contributed by atoms with E-state index in [1.54, 1.807) is 11.1 Å². The summed E-state index contributed by atoms with van der Waals surface area (Å²) in [5.74, 6) is 0.869. The molecule has 1 atom stereocenters. The summed E-state index contributed by atoms with van der Waals surface area (Å²) >= 11 is 0. The van der Waals surface area contributed by atoms with Gasteiger partial charge >= 0.3 is 0 Å². The molecule has 72 valence electrons. The largest absolute Gasteiger partial charge is 0.0877 e. The zero-order chi connectivity index (χ0) is 9.68. The normalized spacial score (nSPS) is 30.5. The van der Waals surface area contributed by atoms with Crippen LogP contribution in [0, 0.1) is 5.92 Å². The lowest BCUT2D eigenvalue weighted by Gasteiger charge is -2.23. The van der Waals surface area contributed by atoms with Gasteiger partial charge in [0.25, 0.3) is 0 Å². The van der Waals surface area contributed by atoms with Gasteiger partial charge in [-0.05, 0) is 50.2 Å². The molecule has 13 heavy (non-hydrogen) atoms. The second-order valence-electron chi connectivity index (χ2n) is 3.88. The summed E-state index contributed by atoms with van der Waals surface area (Å²) in [5, 5.41) is 0. The third kappa shape index (κ3) is 2.87. The van der Waals surface area contributed by atoms with Crippen LogP contribution in [0.1, 0.15) is 40.0 Å². The number of rotatable bonds is 1. The molecule has 0 heteroatoms. The fourth-order valence-electron chi connectivity index (χ4n) is 1.88. The lowest BCUT2D eigenvalue weighted by Crippen LogP contribution is -2.07. The van der Waals surface area contributed by atoms with E-state index in [4.69, 9.17) is 0 Å². The first-order chi connectivity index (χ1) is 6.27. The van der Waals surface area contributed by atoms with Crippen molar-refractivity contribution in [1.82, 2.24) is 0 Å². The molecule has 1 aliphatic carbocycles. The monoisotopic (exact) mass is 176 g/mol. The van der Waals surface area contributed by atoms with Crippen molar-refractivity contribution in [2.45, 2.75) is 40.0 Å². The minimum atomic E-state index is 0.869. The van der Waals surface area contributed by atoms with Gasteiger partial charge in [-0.15, -0.1) is 0 Å². The zero-order valence-corrected chi connectivity index (χ0v) is 9.01. The Kier molecular flexibility index (Phi) is 4.01. The van der Waals surface area contributed by atoms with E-state index in [-0.39, 0.29) is 0 Å². The van der Waals surface area contributed by atoms with Crippen LogP contribution in [0.2, 0.25) is 0 Å².